The average molecular weight is 435 g/mol. The molecule has 0 radical (unpaired) electrons. The van der Waals surface area contributed by atoms with Crippen LogP contribution < -0.4 is 10.1 Å². The molecule has 0 saturated heterocycles. The first-order chi connectivity index (χ1) is 14.6. The summed E-state index contributed by atoms with van der Waals surface area (Å²) in [6.07, 6.45) is 1.06. The Balaban J connectivity index is 2.30. The van der Waals surface area contributed by atoms with Crippen LogP contribution in [0.1, 0.15) is 37.0 Å². The van der Waals surface area contributed by atoms with Crippen molar-refractivity contribution in [2.75, 3.05) is 59.7 Å². The lowest BCUT2D eigenvalue weighted by molar-refractivity contribution is -0.116. The van der Waals surface area contributed by atoms with E-state index in [-0.39, 0.29) is 36.5 Å². The van der Waals surface area contributed by atoms with Gasteiger partial charge in [0.25, 0.3) is 5.91 Å². The van der Waals surface area contributed by atoms with Gasteiger partial charge in [0.05, 0.1) is 18.2 Å². The molecule has 0 aromatic heterocycles. The van der Waals surface area contributed by atoms with Gasteiger partial charge in [0.15, 0.2) is 0 Å². The number of hydrogen-bond acceptors (Lipinski definition) is 6. The van der Waals surface area contributed by atoms with Crippen LogP contribution >= 0.6 is 0 Å². The van der Waals surface area contributed by atoms with Gasteiger partial charge in [-0.2, -0.15) is 0 Å². The Morgan fingerprint density at radius 3 is 2.61 bits per heavy atom. The van der Waals surface area contributed by atoms with E-state index in [1.54, 1.807) is 23.1 Å². The number of carbonyl (C=O) groups excluding carboxylic acids is 2. The summed E-state index contributed by atoms with van der Waals surface area (Å²) in [4.78, 5) is 31.5. The molecule has 174 valence electrons. The first kappa shape index (κ1) is 25.1. The topological polar surface area (TPSA) is 85.3 Å². The predicted octanol–water partition coefficient (Wildman–Crippen LogP) is 1.75. The highest BCUT2D eigenvalue weighted by molar-refractivity contribution is 5.99. The minimum absolute atomic E-state index is 0.0827. The van der Waals surface area contributed by atoms with Gasteiger partial charge in [-0.05, 0) is 66.3 Å². The molecule has 1 aromatic rings. The van der Waals surface area contributed by atoms with E-state index in [1.165, 1.54) is 0 Å². The number of nitrogens with zero attached hydrogens (tertiary/aromatic N) is 3. The molecule has 1 aromatic carbocycles. The van der Waals surface area contributed by atoms with Crippen LogP contribution in [-0.4, -0.2) is 98.2 Å². The average Bonchev–Trinajstić information content (AvgIpc) is 2.69. The van der Waals surface area contributed by atoms with Crippen molar-refractivity contribution in [1.29, 1.82) is 0 Å². The van der Waals surface area contributed by atoms with Gasteiger partial charge in [0, 0.05) is 31.1 Å². The van der Waals surface area contributed by atoms with Crippen LogP contribution in [0, 0.1) is 5.92 Å². The van der Waals surface area contributed by atoms with Crippen molar-refractivity contribution < 1.29 is 19.4 Å². The third-order valence-corrected chi connectivity index (χ3v) is 5.50. The maximum atomic E-state index is 13.4. The van der Waals surface area contributed by atoms with Crippen molar-refractivity contribution in [3.05, 3.63) is 23.8 Å². The highest BCUT2D eigenvalue weighted by Gasteiger charge is 2.33. The molecular weight excluding hydrogens is 396 g/mol. The standard InChI is InChI=1S/C23H38N4O4/c1-16-13-27(17(2)15-28)23(30)19-12-18(24-22(29)8-7-11-25(3)4)9-10-20(19)31-21(16)14-26(5)6/h9-10,12,16-17,21,28H,7-8,11,13-15H2,1-6H3,(H,24,29)/t16-,17+,21-/m1/s1. The lowest BCUT2D eigenvalue weighted by Gasteiger charge is -2.37. The second kappa shape index (κ2) is 11.5. The normalized spacial score (nSPS) is 20.2. The molecule has 0 saturated carbocycles. The van der Waals surface area contributed by atoms with Crippen LogP contribution in [0.2, 0.25) is 0 Å². The summed E-state index contributed by atoms with van der Waals surface area (Å²) in [5.74, 6) is 0.310. The molecule has 2 rings (SSSR count). The molecule has 8 nitrogen and oxygen atoms in total. The second-order valence-electron chi connectivity index (χ2n) is 9.05. The number of aliphatic hydroxyl groups is 1. The molecule has 2 amide bonds. The summed E-state index contributed by atoms with van der Waals surface area (Å²) in [7, 11) is 7.93. The number of nitrogens with one attached hydrogen (secondary N) is 1. The van der Waals surface area contributed by atoms with Gasteiger partial charge in [-0.3, -0.25) is 9.59 Å². The van der Waals surface area contributed by atoms with Crippen molar-refractivity contribution in [3.63, 3.8) is 0 Å². The molecule has 1 aliphatic heterocycles. The van der Waals surface area contributed by atoms with Crippen molar-refractivity contribution >= 4 is 17.5 Å². The highest BCUT2D eigenvalue weighted by atomic mass is 16.5. The molecule has 31 heavy (non-hydrogen) atoms. The number of amides is 2. The first-order valence-electron chi connectivity index (χ1n) is 10.9. The SMILES string of the molecule is C[C@@H]1CN([C@@H](C)CO)C(=O)c2cc(NC(=O)CCCN(C)C)ccc2O[C@@H]1CN(C)C. The number of hydrogen-bond donors (Lipinski definition) is 2. The maximum Gasteiger partial charge on any atom is 0.258 e. The van der Waals surface area contributed by atoms with Crippen LogP contribution in [0.5, 0.6) is 5.75 Å². The fourth-order valence-electron chi connectivity index (χ4n) is 3.66. The molecule has 0 spiro atoms. The summed E-state index contributed by atoms with van der Waals surface area (Å²) < 4.78 is 6.27. The summed E-state index contributed by atoms with van der Waals surface area (Å²) >= 11 is 0. The van der Waals surface area contributed by atoms with Gasteiger partial charge in [-0.1, -0.05) is 6.92 Å². The Morgan fingerprint density at radius 2 is 2.00 bits per heavy atom. The van der Waals surface area contributed by atoms with Crippen molar-refractivity contribution in [2.45, 2.75) is 38.8 Å². The van der Waals surface area contributed by atoms with Crippen molar-refractivity contribution in [1.82, 2.24) is 14.7 Å². The van der Waals surface area contributed by atoms with Crippen LogP contribution in [0.4, 0.5) is 5.69 Å². The van der Waals surface area contributed by atoms with Gasteiger partial charge in [-0.25, -0.2) is 0 Å². The molecule has 0 fully saturated rings. The van der Waals surface area contributed by atoms with E-state index in [0.717, 1.165) is 13.0 Å². The lowest BCUT2D eigenvalue weighted by atomic mass is 9.99. The monoisotopic (exact) mass is 434 g/mol. The molecule has 3 atom stereocenters. The van der Waals surface area contributed by atoms with E-state index in [1.807, 2.05) is 40.0 Å². The van der Waals surface area contributed by atoms with Crippen LogP contribution in [0.3, 0.4) is 0 Å². The number of ether oxygens (including phenoxy) is 1. The van der Waals surface area contributed by atoms with Crippen LogP contribution in [-0.2, 0) is 4.79 Å². The van der Waals surface area contributed by atoms with Crippen LogP contribution in [0.15, 0.2) is 18.2 Å². The zero-order valence-electron chi connectivity index (χ0n) is 19.7. The Bertz CT molecular complexity index is 753. The number of likely N-dealkylation sites (N-methyl/N-ethyl adjacent to an activating group) is 1. The van der Waals surface area contributed by atoms with Gasteiger partial charge in [-0.15, -0.1) is 0 Å². The summed E-state index contributed by atoms with van der Waals surface area (Å²) in [5, 5.41) is 12.6. The highest BCUT2D eigenvalue weighted by Crippen LogP contribution is 2.30. The fraction of sp³-hybridized carbons (Fsp3) is 0.652. The molecule has 2 N–H and O–H groups in total. The van der Waals surface area contributed by atoms with E-state index in [4.69, 9.17) is 4.74 Å². The molecule has 1 heterocycles. The Morgan fingerprint density at radius 1 is 1.29 bits per heavy atom. The molecule has 0 bridgehead atoms. The fourth-order valence-corrected chi connectivity index (χ4v) is 3.66. The predicted molar refractivity (Wildman–Crippen MR) is 123 cm³/mol. The largest absolute Gasteiger partial charge is 0.488 e. The Hall–Kier alpha value is -2.16. The van der Waals surface area contributed by atoms with Crippen LogP contribution in [0.25, 0.3) is 0 Å². The molecule has 0 unspecified atom stereocenters. The summed E-state index contributed by atoms with van der Waals surface area (Å²) in [5.41, 5.74) is 0.974. The van der Waals surface area contributed by atoms with Gasteiger partial charge < -0.3 is 29.9 Å². The summed E-state index contributed by atoms with van der Waals surface area (Å²) in [6, 6.07) is 4.89. The Kier molecular flexibility index (Phi) is 9.28. The number of carbonyl (C=O) groups is 2. The number of rotatable bonds is 9. The van der Waals surface area contributed by atoms with Gasteiger partial charge >= 0.3 is 0 Å². The van der Waals surface area contributed by atoms with E-state index in [2.05, 4.69) is 17.1 Å². The molecular formula is C23H38N4O4. The molecule has 8 heteroatoms. The number of fused-ring (bicyclic) bond motifs is 1. The van der Waals surface area contributed by atoms with E-state index < -0.39 is 0 Å². The Labute approximate surface area is 186 Å². The van der Waals surface area contributed by atoms with Crippen molar-refractivity contribution in [2.24, 2.45) is 5.92 Å². The number of anilines is 1. The zero-order chi connectivity index (χ0) is 23.1. The van der Waals surface area contributed by atoms with E-state index in [9.17, 15) is 14.7 Å². The van der Waals surface area contributed by atoms with Crippen molar-refractivity contribution in [3.8, 4) is 5.75 Å². The van der Waals surface area contributed by atoms with E-state index in [0.29, 0.717) is 36.5 Å². The third-order valence-electron chi connectivity index (χ3n) is 5.50. The minimum Gasteiger partial charge on any atom is -0.488 e. The minimum atomic E-state index is -0.315. The first-order valence-corrected chi connectivity index (χ1v) is 10.9. The number of benzene rings is 1. The van der Waals surface area contributed by atoms with Gasteiger partial charge in [0.2, 0.25) is 5.91 Å². The molecule has 1 aliphatic rings. The summed E-state index contributed by atoms with van der Waals surface area (Å²) in [6.45, 7) is 5.81. The quantitative estimate of drug-likeness (QED) is 0.616. The van der Waals surface area contributed by atoms with Gasteiger partial charge in [0.1, 0.15) is 11.9 Å². The zero-order valence-corrected chi connectivity index (χ0v) is 19.7. The molecule has 0 aliphatic carbocycles. The number of aliphatic hydroxyl groups excluding tert-OH is 1. The smallest absolute Gasteiger partial charge is 0.258 e. The lowest BCUT2D eigenvalue weighted by Crippen LogP contribution is -2.49. The second-order valence-corrected chi connectivity index (χ2v) is 9.05. The third kappa shape index (κ3) is 7.19. The van der Waals surface area contributed by atoms with E-state index >= 15 is 0 Å². The maximum absolute atomic E-state index is 13.4.